The summed E-state index contributed by atoms with van der Waals surface area (Å²) in [5, 5.41) is 1.76. The first-order chi connectivity index (χ1) is 16.5. The molecule has 1 fully saturated rings. The van der Waals surface area contributed by atoms with Gasteiger partial charge in [0.25, 0.3) is 0 Å². The number of aromatic nitrogens is 5. The van der Waals surface area contributed by atoms with Gasteiger partial charge in [0.2, 0.25) is 0 Å². The lowest BCUT2D eigenvalue weighted by atomic mass is 10.1. The number of anilines is 1. The van der Waals surface area contributed by atoms with Crippen molar-refractivity contribution in [1.29, 1.82) is 0 Å². The quantitative estimate of drug-likeness (QED) is 0.461. The van der Waals surface area contributed by atoms with Crippen LogP contribution in [-0.2, 0) is 13.5 Å². The number of pyridine rings is 3. The third-order valence-corrected chi connectivity index (χ3v) is 5.45. The summed E-state index contributed by atoms with van der Waals surface area (Å²) in [7, 11) is 1.93. The van der Waals surface area contributed by atoms with Crippen LogP contribution < -0.4 is 4.90 Å². The highest BCUT2D eigenvalue weighted by molar-refractivity contribution is 5.98. The van der Waals surface area contributed by atoms with Crippen LogP contribution in [0, 0.1) is 6.92 Å². The van der Waals surface area contributed by atoms with E-state index in [0.717, 1.165) is 32.9 Å². The Morgan fingerprint density at radius 1 is 1.03 bits per heavy atom. The third kappa shape index (κ3) is 3.79. The molecule has 0 bridgehead atoms. The average molecular weight is 417 g/mol. The zero-order valence-electron chi connectivity index (χ0n) is 21.3. The number of rotatable bonds is 5. The predicted molar refractivity (Wildman–Crippen MR) is 120 cm³/mol. The zero-order chi connectivity index (χ0) is 25.0. The highest BCUT2D eigenvalue weighted by Gasteiger charge is 2.16. The molecule has 0 aromatic carbocycles. The summed E-state index contributed by atoms with van der Waals surface area (Å²) < 4.78 is 34.7. The van der Waals surface area contributed by atoms with Crippen LogP contribution in [0.3, 0.4) is 0 Å². The van der Waals surface area contributed by atoms with E-state index in [2.05, 4.69) is 19.9 Å². The highest BCUT2D eigenvalue weighted by atomic mass is 16.1. The van der Waals surface area contributed by atoms with Crippen molar-refractivity contribution in [2.75, 3.05) is 17.9 Å². The standard InChI is InChI=1S/C24H24N6O/c1-16-26-15-22(29(16)2)21-10-18-9-20(27-13-19(18)14-28-21)12-23(31)17-5-6-25-24(11-17)30-7-3-4-8-30/h5-6,9-11,13-15H,3-4,7-8,12H2,1-2H3/i7D2,8D2. The van der Waals surface area contributed by atoms with Gasteiger partial charge in [-0.2, -0.15) is 0 Å². The normalized spacial score (nSPS) is 19.0. The molecule has 156 valence electrons. The number of fused-ring (bicyclic) bond motifs is 1. The molecule has 1 aliphatic rings. The number of ketones is 1. The molecule has 0 atom stereocenters. The maximum atomic E-state index is 13.1. The molecule has 7 heteroatoms. The van der Waals surface area contributed by atoms with E-state index in [4.69, 9.17) is 5.48 Å². The lowest BCUT2D eigenvalue weighted by Crippen LogP contribution is -2.19. The van der Waals surface area contributed by atoms with Crippen molar-refractivity contribution in [3.05, 3.63) is 66.1 Å². The molecule has 1 aliphatic heterocycles. The van der Waals surface area contributed by atoms with E-state index >= 15 is 0 Å². The Labute approximate surface area is 186 Å². The molecule has 0 radical (unpaired) electrons. The summed E-state index contributed by atoms with van der Waals surface area (Å²) in [6.45, 7) is -1.83. The number of carbonyl (C=O) groups is 1. The number of hydrogen-bond acceptors (Lipinski definition) is 6. The summed E-state index contributed by atoms with van der Waals surface area (Å²) in [5.41, 5.74) is 2.59. The fraction of sp³-hybridized carbons (Fsp3) is 0.292. The molecule has 0 aliphatic carbocycles. The molecule has 31 heavy (non-hydrogen) atoms. The SMILES string of the molecule is [2H]C1([2H])CCC([2H])([2H])N1c1cc(C(=O)Cc2cc3cc(-c4cnc(C)n4C)ncc3cn2)ccn1. The second kappa shape index (κ2) is 7.91. The molecule has 0 unspecified atom stereocenters. The van der Waals surface area contributed by atoms with Crippen LogP contribution >= 0.6 is 0 Å². The van der Waals surface area contributed by atoms with Crippen LogP contribution in [0.4, 0.5) is 5.82 Å². The van der Waals surface area contributed by atoms with Crippen LogP contribution in [0.2, 0.25) is 0 Å². The van der Waals surface area contributed by atoms with Gasteiger partial charge in [-0.15, -0.1) is 0 Å². The molecule has 5 rings (SSSR count). The summed E-state index contributed by atoms with van der Waals surface area (Å²) in [6, 6.07) is 6.82. The number of imidazole rings is 1. The first kappa shape index (κ1) is 15.2. The van der Waals surface area contributed by atoms with E-state index in [9.17, 15) is 4.79 Å². The molecule has 4 aromatic heterocycles. The molecule has 0 saturated carbocycles. The maximum absolute atomic E-state index is 13.1. The number of carbonyl (C=O) groups excluding carboxylic acids is 1. The van der Waals surface area contributed by atoms with Crippen molar-refractivity contribution in [2.24, 2.45) is 7.05 Å². The molecule has 7 nitrogen and oxygen atoms in total. The predicted octanol–water partition coefficient (Wildman–Crippen LogP) is 3.76. The van der Waals surface area contributed by atoms with E-state index in [-0.39, 0.29) is 30.9 Å². The maximum Gasteiger partial charge on any atom is 0.169 e. The van der Waals surface area contributed by atoms with Crippen LogP contribution in [-0.4, -0.2) is 43.3 Å². The topological polar surface area (TPSA) is 76.8 Å². The van der Waals surface area contributed by atoms with E-state index in [1.165, 1.54) is 12.3 Å². The lowest BCUT2D eigenvalue weighted by molar-refractivity contribution is 0.0992. The molecule has 4 aromatic rings. The molecule has 1 saturated heterocycles. The first-order valence-corrected chi connectivity index (χ1v) is 10.1. The minimum absolute atomic E-state index is 0.0433. The van der Waals surface area contributed by atoms with Gasteiger partial charge in [-0.3, -0.25) is 14.8 Å². The molecular formula is C24H24N6O. The molecule has 0 spiro atoms. The molecular weight excluding hydrogens is 388 g/mol. The molecule has 5 heterocycles. The summed E-state index contributed by atoms with van der Waals surface area (Å²) in [6.07, 6.45) is 6.77. The Hall–Kier alpha value is -3.61. The van der Waals surface area contributed by atoms with Gasteiger partial charge in [-0.25, -0.2) is 9.97 Å². The second-order valence-corrected chi connectivity index (χ2v) is 7.50. The Bertz CT molecular complexity index is 1440. The second-order valence-electron chi connectivity index (χ2n) is 7.50. The lowest BCUT2D eigenvalue weighted by Gasteiger charge is -2.16. The van der Waals surface area contributed by atoms with Gasteiger partial charge in [0.1, 0.15) is 11.6 Å². The van der Waals surface area contributed by atoms with Crippen LogP contribution in [0.1, 0.15) is 40.2 Å². The monoisotopic (exact) mass is 416 g/mol. The van der Waals surface area contributed by atoms with E-state index in [1.807, 2.05) is 30.7 Å². The Morgan fingerprint density at radius 3 is 2.61 bits per heavy atom. The fourth-order valence-electron chi connectivity index (χ4n) is 3.59. The average Bonchev–Trinajstić information content (AvgIpc) is 3.26. The van der Waals surface area contributed by atoms with Gasteiger partial charge in [-0.05, 0) is 49.4 Å². The zero-order valence-corrected chi connectivity index (χ0v) is 17.3. The summed E-state index contributed by atoms with van der Waals surface area (Å²) >= 11 is 0. The fourth-order valence-corrected chi connectivity index (χ4v) is 3.59. The first-order valence-electron chi connectivity index (χ1n) is 12.1. The van der Waals surface area contributed by atoms with Crippen molar-refractivity contribution in [3.63, 3.8) is 0 Å². The van der Waals surface area contributed by atoms with Crippen molar-refractivity contribution in [2.45, 2.75) is 26.2 Å². The van der Waals surface area contributed by atoms with E-state index < -0.39 is 13.0 Å². The van der Waals surface area contributed by atoms with E-state index in [1.54, 1.807) is 24.7 Å². The van der Waals surface area contributed by atoms with Gasteiger partial charge in [0.15, 0.2) is 5.78 Å². The Kier molecular flexibility index (Phi) is 3.88. The summed E-state index contributed by atoms with van der Waals surface area (Å²) in [4.78, 5) is 31.5. The van der Waals surface area contributed by atoms with Gasteiger partial charge in [-0.1, -0.05) is 0 Å². The third-order valence-electron chi connectivity index (χ3n) is 5.45. The number of aryl methyl sites for hydroxylation is 1. The van der Waals surface area contributed by atoms with Crippen molar-refractivity contribution in [1.82, 2.24) is 24.5 Å². The minimum Gasteiger partial charge on any atom is -0.357 e. The highest BCUT2D eigenvalue weighted by Crippen LogP contribution is 2.23. The van der Waals surface area contributed by atoms with Crippen molar-refractivity contribution < 1.29 is 10.3 Å². The van der Waals surface area contributed by atoms with Gasteiger partial charge < -0.3 is 9.47 Å². The van der Waals surface area contributed by atoms with Crippen molar-refractivity contribution in [3.8, 4) is 11.4 Å². The molecule has 0 N–H and O–H groups in total. The number of Topliss-reactive ketones (excluding diaryl/α,β-unsaturated/α-hetero) is 1. The molecule has 0 amide bonds. The summed E-state index contributed by atoms with van der Waals surface area (Å²) in [5.74, 6) is 0.782. The smallest absolute Gasteiger partial charge is 0.169 e. The van der Waals surface area contributed by atoms with Gasteiger partial charge in [0, 0.05) is 60.8 Å². The van der Waals surface area contributed by atoms with Crippen LogP contribution in [0.5, 0.6) is 0 Å². The Morgan fingerprint density at radius 2 is 1.84 bits per heavy atom. The van der Waals surface area contributed by atoms with Gasteiger partial charge in [0.05, 0.1) is 24.0 Å². The number of nitrogens with zero attached hydrogens (tertiary/aromatic N) is 6. The van der Waals surface area contributed by atoms with Crippen LogP contribution in [0.15, 0.2) is 49.1 Å². The minimum atomic E-state index is -1.88. The largest absolute Gasteiger partial charge is 0.357 e. The van der Waals surface area contributed by atoms with Crippen LogP contribution in [0.25, 0.3) is 22.2 Å². The van der Waals surface area contributed by atoms with Gasteiger partial charge >= 0.3 is 0 Å². The number of hydrogen-bond donors (Lipinski definition) is 0. The Balaban J connectivity index is 1.42. The van der Waals surface area contributed by atoms with E-state index in [0.29, 0.717) is 11.3 Å². The van der Waals surface area contributed by atoms with Crippen molar-refractivity contribution >= 4 is 22.4 Å².